The van der Waals surface area contributed by atoms with Crippen LogP contribution in [0.15, 0.2) is 42.5 Å². The molecule has 0 radical (unpaired) electrons. The smallest absolute Gasteiger partial charge is 0.327 e. The normalized spacial score (nSPS) is 15.6. The minimum Gasteiger partial charge on any atom is -0.481 e. The van der Waals surface area contributed by atoms with E-state index in [1.54, 1.807) is 6.07 Å². The van der Waals surface area contributed by atoms with Gasteiger partial charge in [-0.2, -0.15) is 12.6 Å². The number of carbonyl (C=O) groups is 7. The molecule has 0 bridgehead atoms. The van der Waals surface area contributed by atoms with E-state index in [1.165, 1.54) is 0 Å². The van der Waals surface area contributed by atoms with E-state index in [2.05, 4.69) is 33.9 Å². The fourth-order valence-electron chi connectivity index (χ4n) is 5.85. The van der Waals surface area contributed by atoms with Crippen molar-refractivity contribution in [3.8, 4) is 0 Å². The SMILES string of the molecule is O=C(O)CCCC(=O)N[C@H](C(=O)N[C@@H](CCC(=O)O)C(=O)N[C@@H](Cc1ccc2ccccc2c1)C(=O)N[C@@H](CS)C(=O)O)C1CCCCC1. The number of hydrogen-bond acceptors (Lipinski definition) is 8. The van der Waals surface area contributed by atoms with Crippen molar-refractivity contribution in [3.63, 3.8) is 0 Å². The van der Waals surface area contributed by atoms with Gasteiger partial charge in [0.1, 0.15) is 24.2 Å². The molecule has 1 aliphatic carbocycles. The molecular formula is C34H44N4O10S. The Kier molecular flexibility index (Phi) is 15.3. The van der Waals surface area contributed by atoms with Gasteiger partial charge in [0.25, 0.3) is 0 Å². The molecule has 49 heavy (non-hydrogen) atoms. The molecule has 4 amide bonds. The van der Waals surface area contributed by atoms with Gasteiger partial charge in [0, 0.05) is 31.4 Å². The quantitative estimate of drug-likeness (QED) is 0.0995. The van der Waals surface area contributed by atoms with E-state index in [4.69, 9.17) is 5.11 Å². The lowest BCUT2D eigenvalue weighted by Gasteiger charge is -2.31. The summed E-state index contributed by atoms with van der Waals surface area (Å²) in [6.07, 6.45) is 2.68. The van der Waals surface area contributed by atoms with Gasteiger partial charge < -0.3 is 36.6 Å². The fourth-order valence-corrected chi connectivity index (χ4v) is 6.10. The van der Waals surface area contributed by atoms with Gasteiger partial charge in [0.2, 0.25) is 23.6 Å². The van der Waals surface area contributed by atoms with E-state index < -0.39 is 72.1 Å². The van der Waals surface area contributed by atoms with Gasteiger partial charge in [-0.05, 0) is 47.9 Å². The number of carboxylic acid groups (broad SMARTS) is 3. The highest BCUT2D eigenvalue weighted by Crippen LogP contribution is 2.27. The molecule has 0 aromatic heterocycles. The van der Waals surface area contributed by atoms with Crippen LogP contribution in [0.3, 0.4) is 0 Å². The third-order valence-electron chi connectivity index (χ3n) is 8.48. The Labute approximate surface area is 289 Å². The van der Waals surface area contributed by atoms with Crippen LogP contribution in [0.2, 0.25) is 0 Å². The van der Waals surface area contributed by atoms with Crippen molar-refractivity contribution < 1.29 is 48.9 Å². The molecule has 1 aliphatic rings. The highest BCUT2D eigenvalue weighted by Gasteiger charge is 2.35. The van der Waals surface area contributed by atoms with Crippen LogP contribution in [-0.2, 0) is 40.0 Å². The zero-order valence-corrected chi connectivity index (χ0v) is 28.0. The van der Waals surface area contributed by atoms with E-state index in [1.807, 2.05) is 36.4 Å². The van der Waals surface area contributed by atoms with Crippen LogP contribution < -0.4 is 21.3 Å². The number of rotatable bonds is 19. The maximum Gasteiger partial charge on any atom is 0.327 e. The number of carbonyl (C=O) groups excluding carboxylic acids is 4. The molecule has 0 unspecified atom stereocenters. The Morgan fingerprint density at radius 1 is 0.694 bits per heavy atom. The van der Waals surface area contributed by atoms with Gasteiger partial charge in [0.15, 0.2) is 0 Å². The molecule has 1 saturated carbocycles. The van der Waals surface area contributed by atoms with Crippen molar-refractivity contribution in [2.75, 3.05) is 5.75 Å². The molecule has 4 atom stereocenters. The van der Waals surface area contributed by atoms with Crippen molar-refractivity contribution in [2.45, 2.75) is 94.8 Å². The molecule has 7 N–H and O–H groups in total. The molecule has 2 aromatic carbocycles. The number of nitrogens with one attached hydrogen (secondary N) is 4. The Bertz CT molecular complexity index is 1510. The van der Waals surface area contributed by atoms with Gasteiger partial charge in [-0.15, -0.1) is 0 Å². The molecule has 266 valence electrons. The van der Waals surface area contributed by atoms with Crippen molar-refractivity contribution >= 4 is 64.9 Å². The lowest BCUT2D eigenvalue weighted by Crippen LogP contribution is -2.59. The monoisotopic (exact) mass is 700 g/mol. The first-order chi connectivity index (χ1) is 23.4. The first-order valence-electron chi connectivity index (χ1n) is 16.3. The van der Waals surface area contributed by atoms with Crippen LogP contribution >= 0.6 is 12.6 Å². The van der Waals surface area contributed by atoms with Crippen LogP contribution in [0.4, 0.5) is 0 Å². The summed E-state index contributed by atoms with van der Waals surface area (Å²) in [7, 11) is 0. The van der Waals surface area contributed by atoms with Crippen LogP contribution in [0.1, 0.15) is 69.8 Å². The number of hydrogen-bond donors (Lipinski definition) is 8. The minimum absolute atomic E-state index is 0.0575. The average Bonchev–Trinajstić information content (AvgIpc) is 3.07. The van der Waals surface area contributed by atoms with Crippen molar-refractivity contribution in [1.29, 1.82) is 0 Å². The average molecular weight is 701 g/mol. The Morgan fingerprint density at radius 3 is 1.94 bits per heavy atom. The number of amides is 4. The summed E-state index contributed by atoms with van der Waals surface area (Å²) in [6, 6.07) is 7.77. The molecule has 1 fully saturated rings. The van der Waals surface area contributed by atoms with Gasteiger partial charge in [-0.25, -0.2) is 4.79 Å². The number of thiol groups is 1. The molecule has 15 heteroatoms. The molecule has 0 saturated heterocycles. The maximum absolute atomic E-state index is 13.8. The standard InChI is InChI=1S/C34H44N4O10S/c39-27(11-6-12-28(40)41)38-30(22-8-2-1-3-9-22)33(46)35-24(15-16-29(42)43)31(44)36-25(32(45)37-26(19-49)34(47)48)18-20-13-14-21-7-4-5-10-23(21)17-20/h4-5,7,10,13-14,17,22,24-26,30,49H,1-3,6,8-9,11-12,15-16,18-19H2,(H,35,46)(H,36,44)(H,37,45)(H,38,39)(H,40,41)(H,42,43)(H,47,48)/t24-,25-,26-,30-/m0/s1. The van der Waals surface area contributed by atoms with Gasteiger partial charge in [0.05, 0.1) is 0 Å². The molecule has 3 rings (SSSR count). The third kappa shape index (κ3) is 12.7. The van der Waals surface area contributed by atoms with Crippen LogP contribution in [0, 0.1) is 5.92 Å². The summed E-state index contributed by atoms with van der Waals surface area (Å²) >= 11 is 4.00. The zero-order valence-electron chi connectivity index (χ0n) is 27.1. The van der Waals surface area contributed by atoms with Gasteiger partial charge in [-0.1, -0.05) is 61.7 Å². The molecule has 0 aliphatic heterocycles. The van der Waals surface area contributed by atoms with Crippen molar-refractivity contribution in [1.82, 2.24) is 21.3 Å². The van der Waals surface area contributed by atoms with E-state index in [-0.39, 0.29) is 43.8 Å². The predicted octanol–water partition coefficient (Wildman–Crippen LogP) is 2.04. The molecule has 0 heterocycles. The molecule has 2 aromatic rings. The summed E-state index contributed by atoms with van der Waals surface area (Å²) in [5, 5.41) is 39.8. The fraction of sp³-hybridized carbons (Fsp3) is 0.500. The van der Waals surface area contributed by atoms with Crippen molar-refractivity contribution in [3.05, 3.63) is 48.0 Å². The second-order valence-electron chi connectivity index (χ2n) is 12.2. The van der Waals surface area contributed by atoms with Crippen molar-refractivity contribution in [2.24, 2.45) is 5.92 Å². The Balaban J connectivity index is 1.85. The number of benzene rings is 2. The highest BCUT2D eigenvalue weighted by atomic mass is 32.1. The zero-order chi connectivity index (χ0) is 35.9. The Hall–Kier alpha value is -4.66. The second-order valence-corrected chi connectivity index (χ2v) is 12.6. The van der Waals surface area contributed by atoms with Crippen LogP contribution in [0.25, 0.3) is 10.8 Å². The second kappa shape index (κ2) is 19.4. The van der Waals surface area contributed by atoms with E-state index >= 15 is 0 Å². The molecular weight excluding hydrogens is 656 g/mol. The first kappa shape index (κ1) is 38.8. The predicted molar refractivity (Wildman–Crippen MR) is 182 cm³/mol. The highest BCUT2D eigenvalue weighted by molar-refractivity contribution is 7.80. The first-order valence-corrected chi connectivity index (χ1v) is 17.0. The van der Waals surface area contributed by atoms with Gasteiger partial charge in [-0.3, -0.25) is 28.8 Å². The maximum atomic E-state index is 13.8. The Morgan fingerprint density at radius 2 is 1.31 bits per heavy atom. The summed E-state index contributed by atoms with van der Waals surface area (Å²) in [5.74, 6) is -7.03. The van der Waals surface area contributed by atoms with E-state index in [9.17, 15) is 43.8 Å². The van der Waals surface area contributed by atoms with Crippen LogP contribution in [0.5, 0.6) is 0 Å². The lowest BCUT2D eigenvalue weighted by molar-refractivity contribution is -0.141. The van der Waals surface area contributed by atoms with Gasteiger partial charge >= 0.3 is 17.9 Å². The number of carboxylic acids is 3. The minimum atomic E-state index is -1.43. The summed E-state index contributed by atoms with van der Waals surface area (Å²) in [4.78, 5) is 87.6. The van der Waals surface area contributed by atoms with E-state index in [0.29, 0.717) is 18.4 Å². The van der Waals surface area contributed by atoms with Crippen LogP contribution in [-0.4, -0.2) is 86.8 Å². The van der Waals surface area contributed by atoms with E-state index in [0.717, 1.165) is 30.0 Å². The number of aliphatic carboxylic acids is 3. The number of fused-ring (bicyclic) bond motifs is 1. The largest absolute Gasteiger partial charge is 0.481 e. The third-order valence-corrected chi connectivity index (χ3v) is 8.84. The summed E-state index contributed by atoms with van der Waals surface area (Å²) in [6.45, 7) is 0. The lowest BCUT2D eigenvalue weighted by atomic mass is 9.83. The topological polar surface area (TPSA) is 228 Å². The molecule has 14 nitrogen and oxygen atoms in total. The summed E-state index contributed by atoms with van der Waals surface area (Å²) in [5.41, 5.74) is 0.644. The molecule has 0 spiro atoms. The summed E-state index contributed by atoms with van der Waals surface area (Å²) < 4.78 is 0.